The summed E-state index contributed by atoms with van der Waals surface area (Å²) in [5, 5.41) is 0.601. The van der Waals surface area contributed by atoms with Crippen LogP contribution in [0.5, 0.6) is 0 Å². The second-order valence-electron chi connectivity index (χ2n) is 4.02. The van der Waals surface area contributed by atoms with Gasteiger partial charge in [-0.25, -0.2) is 0 Å². The highest BCUT2D eigenvalue weighted by Crippen LogP contribution is 2.22. The largest absolute Gasteiger partial charge is 0.402 e. The Kier molecular flexibility index (Phi) is 5.21. The van der Waals surface area contributed by atoms with Gasteiger partial charge in [-0.05, 0) is 19.6 Å². The summed E-state index contributed by atoms with van der Waals surface area (Å²) in [5.41, 5.74) is 0.177. The van der Waals surface area contributed by atoms with Crippen LogP contribution in [0.3, 0.4) is 0 Å². The summed E-state index contributed by atoms with van der Waals surface area (Å²) in [4.78, 5) is 0. The molecule has 0 radical (unpaired) electrons. The summed E-state index contributed by atoms with van der Waals surface area (Å²) in [5.74, 6) is 0. The molecule has 1 nitrogen and oxygen atoms in total. The second kappa shape index (κ2) is 5.10. The smallest absolute Gasteiger partial charge is 0.185 e. The van der Waals surface area contributed by atoms with Gasteiger partial charge in [-0.2, -0.15) is 0 Å². The summed E-state index contributed by atoms with van der Waals surface area (Å²) in [7, 11) is -1.40. The van der Waals surface area contributed by atoms with E-state index in [1.807, 2.05) is 17.8 Å². The van der Waals surface area contributed by atoms with Gasteiger partial charge in [0, 0.05) is 5.25 Å². The van der Waals surface area contributed by atoms with Crippen LogP contribution in [0.25, 0.3) is 0 Å². The SMILES string of the molecule is C=CC(O[Si](C)(C)C)SC(C)C. The molecule has 0 N–H and O–H groups in total. The highest BCUT2D eigenvalue weighted by Gasteiger charge is 2.19. The predicted molar refractivity (Wildman–Crippen MR) is 61.1 cm³/mol. The van der Waals surface area contributed by atoms with Crippen molar-refractivity contribution < 1.29 is 4.43 Å². The van der Waals surface area contributed by atoms with Crippen LogP contribution < -0.4 is 0 Å². The third-order valence-corrected chi connectivity index (χ3v) is 3.30. The maximum absolute atomic E-state index is 5.88. The first-order valence-electron chi connectivity index (χ1n) is 4.31. The average Bonchev–Trinajstić information content (AvgIpc) is 1.82. The summed E-state index contributed by atoms with van der Waals surface area (Å²) in [6, 6.07) is 0. The molecule has 0 saturated heterocycles. The lowest BCUT2D eigenvalue weighted by Gasteiger charge is -2.24. The minimum Gasteiger partial charge on any atom is -0.402 e. The summed E-state index contributed by atoms with van der Waals surface area (Å²) in [6.07, 6.45) is 1.89. The van der Waals surface area contributed by atoms with Gasteiger partial charge in [0.15, 0.2) is 8.32 Å². The lowest BCUT2D eigenvalue weighted by molar-refractivity contribution is 0.326. The minimum absolute atomic E-state index is 0.177. The Labute approximate surface area is 81.7 Å². The van der Waals surface area contributed by atoms with Gasteiger partial charge in [0.05, 0.1) is 0 Å². The first kappa shape index (κ1) is 12.3. The Morgan fingerprint density at radius 3 is 2.08 bits per heavy atom. The van der Waals surface area contributed by atoms with E-state index in [1.54, 1.807) is 0 Å². The van der Waals surface area contributed by atoms with E-state index in [4.69, 9.17) is 4.43 Å². The van der Waals surface area contributed by atoms with E-state index in [1.165, 1.54) is 0 Å². The first-order valence-corrected chi connectivity index (χ1v) is 8.66. The zero-order valence-electron chi connectivity index (χ0n) is 8.76. The third-order valence-electron chi connectivity index (χ3n) is 1.07. The molecule has 0 saturated carbocycles. The molecule has 0 aromatic heterocycles. The molecular formula is C9H20OSSi. The van der Waals surface area contributed by atoms with Crippen molar-refractivity contribution in [1.29, 1.82) is 0 Å². The molecule has 12 heavy (non-hydrogen) atoms. The van der Waals surface area contributed by atoms with Crippen LogP contribution in [-0.4, -0.2) is 19.0 Å². The Morgan fingerprint density at radius 2 is 1.83 bits per heavy atom. The Morgan fingerprint density at radius 1 is 1.33 bits per heavy atom. The van der Waals surface area contributed by atoms with Crippen LogP contribution in [0.4, 0.5) is 0 Å². The number of thioether (sulfide) groups is 1. The van der Waals surface area contributed by atoms with Crippen molar-refractivity contribution in [3.8, 4) is 0 Å². The lowest BCUT2D eigenvalue weighted by atomic mass is 10.6. The number of rotatable bonds is 5. The van der Waals surface area contributed by atoms with E-state index in [0.29, 0.717) is 5.25 Å². The highest BCUT2D eigenvalue weighted by atomic mass is 32.2. The second-order valence-corrected chi connectivity index (χ2v) is 10.2. The van der Waals surface area contributed by atoms with Crippen molar-refractivity contribution in [3.05, 3.63) is 12.7 Å². The van der Waals surface area contributed by atoms with E-state index < -0.39 is 8.32 Å². The van der Waals surface area contributed by atoms with E-state index in [9.17, 15) is 0 Å². The van der Waals surface area contributed by atoms with E-state index in [-0.39, 0.29) is 5.44 Å². The Hall–Kier alpha value is 0.267. The Balaban J connectivity index is 3.92. The quantitative estimate of drug-likeness (QED) is 0.385. The highest BCUT2D eigenvalue weighted by molar-refractivity contribution is 8.00. The van der Waals surface area contributed by atoms with Gasteiger partial charge in [-0.15, -0.1) is 11.8 Å². The molecule has 0 aliphatic heterocycles. The topological polar surface area (TPSA) is 9.23 Å². The third kappa shape index (κ3) is 6.95. The molecule has 3 heteroatoms. The molecule has 0 aliphatic carbocycles. The average molecular weight is 204 g/mol. The van der Waals surface area contributed by atoms with Crippen molar-refractivity contribution in [2.24, 2.45) is 0 Å². The molecule has 0 fully saturated rings. The molecule has 0 aliphatic rings. The summed E-state index contributed by atoms with van der Waals surface area (Å²) >= 11 is 1.82. The minimum atomic E-state index is -1.40. The van der Waals surface area contributed by atoms with Crippen LogP contribution in [0.2, 0.25) is 19.6 Å². The van der Waals surface area contributed by atoms with Crippen molar-refractivity contribution in [3.63, 3.8) is 0 Å². The number of hydrogen-bond donors (Lipinski definition) is 0. The molecule has 0 aromatic rings. The van der Waals surface area contributed by atoms with Gasteiger partial charge in [0.2, 0.25) is 0 Å². The van der Waals surface area contributed by atoms with Crippen molar-refractivity contribution in [2.75, 3.05) is 0 Å². The monoisotopic (exact) mass is 204 g/mol. The molecule has 0 spiro atoms. The summed E-state index contributed by atoms with van der Waals surface area (Å²) < 4.78 is 5.88. The molecule has 1 atom stereocenters. The fourth-order valence-electron chi connectivity index (χ4n) is 0.748. The molecule has 1 unspecified atom stereocenters. The maximum Gasteiger partial charge on any atom is 0.185 e. The molecule has 0 aromatic carbocycles. The van der Waals surface area contributed by atoms with Crippen molar-refractivity contribution >= 4 is 20.1 Å². The van der Waals surface area contributed by atoms with Crippen LogP contribution in [0.1, 0.15) is 13.8 Å². The van der Waals surface area contributed by atoms with Crippen LogP contribution in [-0.2, 0) is 4.43 Å². The summed E-state index contributed by atoms with van der Waals surface area (Å²) in [6.45, 7) is 14.7. The van der Waals surface area contributed by atoms with Gasteiger partial charge in [-0.1, -0.05) is 26.5 Å². The maximum atomic E-state index is 5.88. The fourth-order valence-corrected chi connectivity index (χ4v) is 3.28. The van der Waals surface area contributed by atoms with Crippen molar-refractivity contribution in [2.45, 2.75) is 44.2 Å². The standard InChI is InChI=1S/C9H20OSSi/c1-7-9(11-8(2)3)10-12(4,5)6/h7-9H,1H2,2-6H3. The zero-order valence-corrected chi connectivity index (χ0v) is 10.6. The normalized spacial score (nSPS) is 14.8. The van der Waals surface area contributed by atoms with Gasteiger partial charge >= 0.3 is 0 Å². The van der Waals surface area contributed by atoms with Crippen LogP contribution >= 0.6 is 11.8 Å². The molecule has 0 rings (SSSR count). The van der Waals surface area contributed by atoms with E-state index in [0.717, 1.165) is 0 Å². The first-order chi connectivity index (χ1) is 5.35. The van der Waals surface area contributed by atoms with Gasteiger partial charge in [0.25, 0.3) is 0 Å². The van der Waals surface area contributed by atoms with Gasteiger partial charge < -0.3 is 4.43 Å². The zero-order chi connectivity index (χ0) is 9.78. The van der Waals surface area contributed by atoms with E-state index >= 15 is 0 Å². The van der Waals surface area contributed by atoms with Gasteiger partial charge in [-0.3, -0.25) is 0 Å². The van der Waals surface area contributed by atoms with Crippen LogP contribution in [0.15, 0.2) is 12.7 Å². The lowest BCUT2D eigenvalue weighted by Crippen LogP contribution is -2.30. The van der Waals surface area contributed by atoms with Crippen molar-refractivity contribution in [1.82, 2.24) is 0 Å². The predicted octanol–water partition coefficient (Wildman–Crippen LogP) is 3.49. The van der Waals surface area contributed by atoms with Gasteiger partial charge in [0.1, 0.15) is 5.44 Å². The molecule has 0 amide bonds. The molecular weight excluding hydrogens is 184 g/mol. The molecule has 0 bridgehead atoms. The van der Waals surface area contributed by atoms with E-state index in [2.05, 4.69) is 40.1 Å². The molecule has 72 valence electrons. The Bertz CT molecular complexity index is 140. The van der Waals surface area contributed by atoms with Crippen LogP contribution in [0, 0.1) is 0 Å². The molecule has 0 heterocycles. The fraction of sp³-hybridized carbons (Fsp3) is 0.778. The number of hydrogen-bond acceptors (Lipinski definition) is 2.